The number of carbonyl (C=O) groups is 3. The number of hydrogen-bond acceptors (Lipinski definition) is 8. The molecule has 0 bridgehead atoms. The highest BCUT2D eigenvalue weighted by Crippen LogP contribution is 2.45. The number of ether oxygens (including phenoxy) is 2. The summed E-state index contributed by atoms with van der Waals surface area (Å²) in [4.78, 5) is 56.7. The van der Waals surface area contributed by atoms with Crippen LogP contribution in [0.2, 0.25) is 0 Å². The zero-order valence-electron chi connectivity index (χ0n) is 28.4. The molecule has 11 nitrogen and oxygen atoms in total. The van der Waals surface area contributed by atoms with E-state index in [2.05, 4.69) is 46.0 Å². The van der Waals surface area contributed by atoms with Gasteiger partial charge in [-0.1, -0.05) is 110 Å². The van der Waals surface area contributed by atoms with Crippen LogP contribution in [0, 0.1) is 0 Å². The van der Waals surface area contributed by atoms with E-state index in [1.165, 1.54) is 16.8 Å². The van der Waals surface area contributed by atoms with Gasteiger partial charge in [0, 0.05) is 31.3 Å². The summed E-state index contributed by atoms with van der Waals surface area (Å²) < 4.78 is 13.4. The summed E-state index contributed by atoms with van der Waals surface area (Å²) >= 11 is 0. The second-order valence-corrected chi connectivity index (χ2v) is 11.9. The lowest BCUT2D eigenvalue weighted by molar-refractivity contribution is -0.170. The SMILES string of the molecule is C=C/C=C(\C=C/C)C(c1ccccc1)(c1ccccc1)N1C[C@@H](COC(=O)CCC(N)=O)O[C@@H](n2ccc(NC(=O)c3ccccc3)nc2=O)C1. The quantitative estimate of drug-likeness (QED) is 0.137. The maximum atomic E-state index is 13.7. The fourth-order valence-electron chi connectivity index (χ4n) is 6.31. The molecule has 2 amide bonds. The molecule has 0 aliphatic carbocycles. The zero-order chi connectivity index (χ0) is 36.2. The van der Waals surface area contributed by atoms with Gasteiger partial charge in [0.25, 0.3) is 5.91 Å². The van der Waals surface area contributed by atoms with E-state index in [9.17, 15) is 19.2 Å². The third-order valence-electron chi connectivity index (χ3n) is 8.49. The maximum absolute atomic E-state index is 13.7. The summed E-state index contributed by atoms with van der Waals surface area (Å²) in [6, 6.07) is 30.1. The van der Waals surface area contributed by atoms with E-state index in [-0.39, 0.29) is 38.4 Å². The first-order valence-corrected chi connectivity index (χ1v) is 16.6. The van der Waals surface area contributed by atoms with Crippen molar-refractivity contribution in [3.8, 4) is 0 Å². The fourth-order valence-corrected chi connectivity index (χ4v) is 6.31. The van der Waals surface area contributed by atoms with Crippen LogP contribution >= 0.6 is 0 Å². The van der Waals surface area contributed by atoms with Gasteiger partial charge in [-0.2, -0.15) is 4.98 Å². The van der Waals surface area contributed by atoms with E-state index in [0.717, 1.165) is 16.7 Å². The smallest absolute Gasteiger partial charge is 0.351 e. The van der Waals surface area contributed by atoms with Crippen molar-refractivity contribution in [2.45, 2.75) is 37.6 Å². The molecule has 1 fully saturated rings. The van der Waals surface area contributed by atoms with Crippen LogP contribution in [0.5, 0.6) is 0 Å². The molecule has 1 saturated heterocycles. The molecule has 262 valence electrons. The third kappa shape index (κ3) is 8.64. The van der Waals surface area contributed by atoms with Crippen LogP contribution in [0.1, 0.15) is 47.5 Å². The van der Waals surface area contributed by atoms with E-state index in [0.29, 0.717) is 5.56 Å². The van der Waals surface area contributed by atoms with Crippen LogP contribution in [-0.2, 0) is 24.6 Å². The minimum Gasteiger partial charge on any atom is -0.463 e. The van der Waals surface area contributed by atoms with Gasteiger partial charge in [0.05, 0.1) is 12.0 Å². The number of allylic oxidation sites excluding steroid dienone is 3. The fraction of sp³-hybridized carbons (Fsp3) is 0.225. The Kier molecular flexibility index (Phi) is 12.2. The first kappa shape index (κ1) is 36.4. The molecule has 5 rings (SSSR count). The van der Waals surface area contributed by atoms with Crippen LogP contribution in [0.25, 0.3) is 0 Å². The van der Waals surface area contributed by atoms with E-state index in [4.69, 9.17) is 15.2 Å². The third-order valence-corrected chi connectivity index (χ3v) is 8.49. The Bertz CT molecular complexity index is 1900. The summed E-state index contributed by atoms with van der Waals surface area (Å²) in [6.07, 6.45) is 7.30. The van der Waals surface area contributed by atoms with Crippen molar-refractivity contribution in [1.82, 2.24) is 14.5 Å². The molecule has 1 aromatic heterocycles. The number of carbonyl (C=O) groups excluding carboxylic acids is 3. The lowest BCUT2D eigenvalue weighted by Crippen LogP contribution is -2.58. The van der Waals surface area contributed by atoms with E-state index >= 15 is 0 Å². The Hall–Kier alpha value is -5.91. The Balaban J connectivity index is 1.59. The molecule has 0 unspecified atom stereocenters. The number of amides is 2. The van der Waals surface area contributed by atoms with Crippen molar-refractivity contribution in [3.05, 3.63) is 167 Å². The van der Waals surface area contributed by atoms with Crippen molar-refractivity contribution in [2.75, 3.05) is 25.0 Å². The molecule has 1 aliphatic rings. The predicted molar refractivity (Wildman–Crippen MR) is 195 cm³/mol. The lowest BCUT2D eigenvalue weighted by atomic mass is 9.74. The molecule has 3 aromatic carbocycles. The summed E-state index contributed by atoms with van der Waals surface area (Å²) in [5.74, 6) is -1.52. The molecule has 2 atom stereocenters. The molecule has 0 radical (unpaired) electrons. The van der Waals surface area contributed by atoms with Gasteiger partial charge in [0.15, 0.2) is 6.23 Å². The number of nitrogens with two attached hydrogens (primary N) is 1. The maximum Gasteiger partial charge on any atom is 0.351 e. The number of morpholine rings is 1. The highest BCUT2D eigenvalue weighted by molar-refractivity contribution is 6.03. The number of hydrogen-bond donors (Lipinski definition) is 2. The van der Waals surface area contributed by atoms with Crippen LogP contribution in [-0.4, -0.2) is 58.0 Å². The number of nitrogens with one attached hydrogen (secondary N) is 1. The zero-order valence-corrected chi connectivity index (χ0v) is 28.4. The number of esters is 1. The average Bonchev–Trinajstić information content (AvgIpc) is 3.15. The minimum atomic E-state index is -0.930. The first-order chi connectivity index (χ1) is 24.8. The van der Waals surface area contributed by atoms with Crippen molar-refractivity contribution in [2.24, 2.45) is 5.73 Å². The van der Waals surface area contributed by atoms with E-state index < -0.39 is 41.3 Å². The van der Waals surface area contributed by atoms with Crippen molar-refractivity contribution in [1.29, 1.82) is 0 Å². The normalized spacial score (nSPS) is 16.8. The van der Waals surface area contributed by atoms with Crippen molar-refractivity contribution < 1.29 is 23.9 Å². The van der Waals surface area contributed by atoms with Gasteiger partial charge in [-0.15, -0.1) is 0 Å². The number of anilines is 1. The minimum absolute atomic E-state index is 0.0879. The van der Waals surface area contributed by atoms with E-state index in [1.807, 2.05) is 61.5 Å². The lowest BCUT2D eigenvalue weighted by Gasteiger charge is -2.51. The molecule has 51 heavy (non-hydrogen) atoms. The number of rotatable bonds is 14. The summed E-state index contributed by atoms with van der Waals surface area (Å²) in [5, 5.41) is 2.68. The monoisotopic (exact) mass is 687 g/mol. The van der Waals surface area contributed by atoms with Gasteiger partial charge in [-0.05, 0) is 41.8 Å². The Morgan fingerprint density at radius 2 is 1.59 bits per heavy atom. The van der Waals surface area contributed by atoms with Gasteiger partial charge in [-0.3, -0.25) is 23.9 Å². The molecular formula is C40H41N5O6. The summed E-state index contributed by atoms with van der Waals surface area (Å²) in [6.45, 7) is 6.30. The Morgan fingerprint density at radius 3 is 2.16 bits per heavy atom. The van der Waals surface area contributed by atoms with Crippen molar-refractivity contribution in [3.63, 3.8) is 0 Å². The van der Waals surface area contributed by atoms with Crippen molar-refractivity contribution >= 4 is 23.6 Å². The molecular weight excluding hydrogens is 646 g/mol. The van der Waals surface area contributed by atoms with Crippen LogP contribution < -0.4 is 16.7 Å². The largest absolute Gasteiger partial charge is 0.463 e. The molecule has 2 heterocycles. The summed E-state index contributed by atoms with van der Waals surface area (Å²) in [7, 11) is 0. The van der Waals surface area contributed by atoms with Gasteiger partial charge in [0.1, 0.15) is 18.5 Å². The highest BCUT2D eigenvalue weighted by atomic mass is 16.6. The van der Waals surface area contributed by atoms with Crippen LogP contribution in [0.3, 0.4) is 0 Å². The second kappa shape index (κ2) is 17.1. The Labute approximate surface area is 296 Å². The van der Waals surface area contributed by atoms with Gasteiger partial charge in [-0.25, -0.2) is 4.79 Å². The standard InChI is InChI=1S/C40H41N5O6/c1-3-14-30(15-4-2)40(31-18-10-6-11-19-31,32-20-12-7-13-21-32)44-26-33(28-50-37(47)23-22-34(41)46)51-36(27-44)45-25-24-35(43-39(45)49)42-38(48)29-16-8-5-9-17-29/h3-21,24-25,33,36H,1,22-23,26-28H2,2H3,(H2,41,46)(H,42,43,48,49)/b15-4-,30-14+/t33-,36+/m0/s1. The summed E-state index contributed by atoms with van der Waals surface area (Å²) in [5.41, 5.74) is 6.88. The molecule has 0 spiro atoms. The Morgan fingerprint density at radius 1 is 0.961 bits per heavy atom. The molecule has 11 heteroatoms. The van der Waals surface area contributed by atoms with Gasteiger partial charge in [0.2, 0.25) is 5.91 Å². The average molecular weight is 688 g/mol. The van der Waals surface area contributed by atoms with Crippen LogP contribution in [0.4, 0.5) is 5.82 Å². The van der Waals surface area contributed by atoms with Gasteiger partial charge < -0.3 is 20.5 Å². The number of aromatic nitrogens is 2. The molecule has 1 aliphatic heterocycles. The molecule has 3 N–H and O–H groups in total. The van der Waals surface area contributed by atoms with Crippen LogP contribution in [0.15, 0.2) is 145 Å². The molecule has 4 aromatic rings. The topological polar surface area (TPSA) is 146 Å². The first-order valence-electron chi connectivity index (χ1n) is 16.6. The number of primary amides is 1. The number of benzene rings is 3. The van der Waals surface area contributed by atoms with Gasteiger partial charge >= 0.3 is 11.7 Å². The highest BCUT2D eigenvalue weighted by Gasteiger charge is 2.47. The molecule has 0 saturated carbocycles. The predicted octanol–water partition coefficient (Wildman–Crippen LogP) is 5.14. The van der Waals surface area contributed by atoms with E-state index in [1.54, 1.807) is 36.4 Å². The second-order valence-electron chi connectivity index (χ2n) is 11.9. The number of nitrogens with zero attached hydrogens (tertiary/aromatic N) is 3.